The Bertz CT molecular complexity index is 1210. The van der Waals surface area contributed by atoms with Crippen LogP contribution in [0, 0.1) is 6.92 Å². The molecule has 9 nitrogen and oxygen atoms in total. The van der Waals surface area contributed by atoms with E-state index in [0.29, 0.717) is 17.1 Å². The second-order valence-corrected chi connectivity index (χ2v) is 7.20. The molecular formula is C24H22N2O7. The van der Waals surface area contributed by atoms with Crippen molar-refractivity contribution in [1.29, 1.82) is 0 Å². The molecule has 2 N–H and O–H groups in total. The Morgan fingerprint density at radius 2 is 1.82 bits per heavy atom. The Kier molecular flexibility index (Phi) is 6.30. The predicted octanol–water partition coefficient (Wildman–Crippen LogP) is 3.88. The summed E-state index contributed by atoms with van der Waals surface area (Å²) >= 11 is 0. The summed E-state index contributed by atoms with van der Waals surface area (Å²) in [6, 6.07) is 12.8. The van der Waals surface area contributed by atoms with Crippen LogP contribution in [0.3, 0.4) is 0 Å². The van der Waals surface area contributed by atoms with Gasteiger partial charge in [-0.3, -0.25) is 0 Å². The standard InChI is InChI=1S/C24H22N2O7/c1-3-30-22(27)19-17(25-24(29)26-20(19)18-10-9-14(2)33-18)13-32-23(28)21-16(11-12-31-21)15-7-5-4-6-8-15/h4-12,20H,3,13H2,1-2H3,(H2,25,26,29). The Morgan fingerprint density at radius 1 is 1.03 bits per heavy atom. The lowest BCUT2D eigenvalue weighted by Crippen LogP contribution is -2.47. The van der Waals surface area contributed by atoms with Crippen LogP contribution in [-0.4, -0.2) is 31.2 Å². The number of hydrogen-bond acceptors (Lipinski definition) is 7. The summed E-state index contributed by atoms with van der Waals surface area (Å²) in [5.74, 6) is -0.435. The lowest BCUT2D eigenvalue weighted by Gasteiger charge is -2.27. The minimum Gasteiger partial charge on any atom is -0.464 e. The van der Waals surface area contributed by atoms with Gasteiger partial charge in [-0.25, -0.2) is 14.4 Å². The number of nitrogens with one attached hydrogen (secondary N) is 2. The molecule has 9 heteroatoms. The SMILES string of the molecule is CCOC(=O)C1=C(COC(=O)c2occc2-c2ccccc2)NC(=O)NC1c1ccc(C)o1. The van der Waals surface area contributed by atoms with E-state index in [1.807, 2.05) is 30.3 Å². The van der Waals surface area contributed by atoms with Crippen molar-refractivity contribution in [3.63, 3.8) is 0 Å². The summed E-state index contributed by atoms with van der Waals surface area (Å²) in [5, 5.41) is 5.19. The van der Waals surface area contributed by atoms with E-state index < -0.39 is 24.0 Å². The zero-order valence-electron chi connectivity index (χ0n) is 18.0. The third kappa shape index (κ3) is 4.67. The predicted molar refractivity (Wildman–Crippen MR) is 116 cm³/mol. The first-order valence-electron chi connectivity index (χ1n) is 10.3. The smallest absolute Gasteiger partial charge is 0.375 e. The average Bonchev–Trinajstić information content (AvgIpc) is 3.47. The highest BCUT2D eigenvalue weighted by molar-refractivity contribution is 5.96. The largest absolute Gasteiger partial charge is 0.464 e. The van der Waals surface area contributed by atoms with Gasteiger partial charge in [0.05, 0.1) is 24.1 Å². The molecule has 0 saturated heterocycles. The molecule has 1 aliphatic rings. The molecule has 0 spiro atoms. The van der Waals surface area contributed by atoms with E-state index in [1.165, 1.54) is 6.26 Å². The quantitative estimate of drug-likeness (QED) is 0.524. The number of furan rings is 2. The Hall–Kier alpha value is -4.27. The van der Waals surface area contributed by atoms with Gasteiger partial charge in [0.25, 0.3) is 0 Å². The van der Waals surface area contributed by atoms with Crippen LogP contribution >= 0.6 is 0 Å². The van der Waals surface area contributed by atoms with Crippen molar-refractivity contribution in [3.8, 4) is 11.1 Å². The highest BCUT2D eigenvalue weighted by Crippen LogP contribution is 2.30. The average molecular weight is 450 g/mol. The number of rotatable bonds is 7. The van der Waals surface area contributed by atoms with Crippen LogP contribution < -0.4 is 10.6 Å². The Morgan fingerprint density at radius 3 is 2.52 bits per heavy atom. The van der Waals surface area contributed by atoms with Gasteiger partial charge in [0.2, 0.25) is 5.76 Å². The Labute approximate surface area is 189 Å². The van der Waals surface area contributed by atoms with Gasteiger partial charge >= 0.3 is 18.0 Å². The van der Waals surface area contributed by atoms with E-state index >= 15 is 0 Å². The van der Waals surface area contributed by atoms with Crippen molar-refractivity contribution in [2.45, 2.75) is 19.9 Å². The molecule has 1 unspecified atom stereocenters. The van der Waals surface area contributed by atoms with E-state index in [4.69, 9.17) is 18.3 Å². The number of carbonyl (C=O) groups is 3. The minimum atomic E-state index is -0.899. The molecule has 0 saturated carbocycles. The van der Waals surface area contributed by atoms with Crippen LogP contribution in [0.2, 0.25) is 0 Å². The van der Waals surface area contributed by atoms with E-state index in [2.05, 4.69) is 10.6 Å². The highest BCUT2D eigenvalue weighted by atomic mass is 16.5. The molecule has 2 aromatic heterocycles. The second kappa shape index (κ2) is 9.47. The maximum absolute atomic E-state index is 12.8. The topological polar surface area (TPSA) is 120 Å². The lowest BCUT2D eigenvalue weighted by molar-refractivity contribution is -0.139. The number of esters is 2. The van der Waals surface area contributed by atoms with Gasteiger partial charge in [0, 0.05) is 5.56 Å². The zero-order chi connectivity index (χ0) is 23.4. The highest BCUT2D eigenvalue weighted by Gasteiger charge is 2.36. The van der Waals surface area contributed by atoms with Crippen LogP contribution in [0.5, 0.6) is 0 Å². The third-order valence-electron chi connectivity index (χ3n) is 4.98. The second-order valence-electron chi connectivity index (χ2n) is 7.20. The Balaban J connectivity index is 1.62. The third-order valence-corrected chi connectivity index (χ3v) is 4.98. The van der Waals surface area contributed by atoms with E-state index in [9.17, 15) is 14.4 Å². The monoisotopic (exact) mass is 450 g/mol. The van der Waals surface area contributed by atoms with Crippen molar-refractivity contribution in [2.75, 3.05) is 13.2 Å². The number of urea groups is 1. The normalized spacial score (nSPS) is 15.6. The van der Waals surface area contributed by atoms with Gasteiger partial charge in [-0.05, 0) is 37.6 Å². The maximum Gasteiger partial charge on any atom is 0.375 e. The molecule has 1 atom stereocenters. The number of carbonyl (C=O) groups excluding carboxylic acids is 3. The summed E-state index contributed by atoms with van der Waals surface area (Å²) in [6.07, 6.45) is 1.39. The molecule has 2 amide bonds. The molecule has 3 aromatic rings. The molecule has 0 aliphatic carbocycles. The van der Waals surface area contributed by atoms with Gasteiger partial charge in [0.15, 0.2) is 0 Å². The van der Waals surface area contributed by atoms with E-state index in [1.54, 1.807) is 32.0 Å². The van der Waals surface area contributed by atoms with Gasteiger partial charge in [0.1, 0.15) is 24.2 Å². The first-order chi connectivity index (χ1) is 16.0. The fourth-order valence-electron chi connectivity index (χ4n) is 3.52. The van der Waals surface area contributed by atoms with Crippen molar-refractivity contribution in [1.82, 2.24) is 10.6 Å². The fraction of sp³-hybridized carbons (Fsp3) is 0.208. The lowest BCUT2D eigenvalue weighted by atomic mass is 10.0. The molecule has 1 aromatic carbocycles. The van der Waals surface area contributed by atoms with Crippen molar-refractivity contribution in [2.24, 2.45) is 0 Å². The van der Waals surface area contributed by atoms with Gasteiger partial charge in [-0.1, -0.05) is 30.3 Å². The molecule has 3 heterocycles. The number of ether oxygens (including phenoxy) is 2. The van der Waals surface area contributed by atoms with Crippen molar-refractivity contribution < 1.29 is 32.7 Å². The molecule has 1 aliphatic heterocycles. The number of aryl methyl sites for hydroxylation is 1. The molecule has 4 rings (SSSR count). The van der Waals surface area contributed by atoms with Crippen LogP contribution in [-0.2, 0) is 14.3 Å². The van der Waals surface area contributed by atoms with Crippen LogP contribution in [0.15, 0.2) is 74.9 Å². The molecule has 33 heavy (non-hydrogen) atoms. The van der Waals surface area contributed by atoms with E-state index in [-0.39, 0.29) is 30.2 Å². The summed E-state index contributed by atoms with van der Waals surface area (Å²) in [5.41, 5.74) is 1.53. The first-order valence-corrected chi connectivity index (χ1v) is 10.3. The maximum atomic E-state index is 12.8. The van der Waals surface area contributed by atoms with Crippen molar-refractivity contribution >= 4 is 18.0 Å². The summed E-state index contributed by atoms with van der Waals surface area (Å²) < 4.78 is 21.6. The summed E-state index contributed by atoms with van der Waals surface area (Å²) in [7, 11) is 0. The number of amides is 2. The molecular weight excluding hydrogens is 428 g/mol. The molecule has 0 fully saturated rings. The summed E-state index contributed by atoms with van der Waals surface area (Å²) in [6.45, 7) is 3.16. The van der Waals surface area contributed by atoms with E-state index in [0.717, 1.165) is 5.56 Å². The van der Waals surface area contributed by atoms with Crippen LogP contribution in [0.4, 0.5) is 4.79 Å². The number of benzene rings is 1. The first kappa shape index (κ1) is 21.9. The van der Waals surface area contributed by atoms with Gasteiger partial charge in [-0.15, -0.1) is 0 Å². The van der Waals surface area contributed by atoms with Crippen LogP contribution in [0.25, 0.3) is 11.1 Å². The van der Waals surface area contributed by atoms with Crippen molar-refractivity contribution in [3.05, 3.63) is 83.3 Å². The molecule has 170 valence electrons. The summed E-state index contributed by atoms with van der Waals surface area (Å²) in [4.78, 5) is 37.8. The minimum absolute atomic E-state index is 0.0120. The molecule has 0 radical (unpaired) electrons. The fourth-order valence-corrected chi connectivity index (χ4v) is 3.52. The van der Waals surface area contributed by atoms with Gasteiger partial charge in [-0.2, -0.15) is 0 Å². The van der Waals surface area contributed by atoms with Crippen LogP contribution in [0.1, 0.15) is 35.0 Å². The zero-order valence-corrected chi connectivity index (χ0v) is 18.0. The number of hydrogen-bond donors (Lipinski definition) is 2. The van der Waals surface area contributed by atoms with Gasteiger partial charge < -0.3 is 28.9 Å². The molecule has 0 bridgehead atoms.